The Kier molecular flexibility index (Phi) is 6.61. The molecule has 3 rings (SSSR count). The maximum absolute atomic E-state index is 13.0. The predicted octanol–water partition coefficient (Wildman–Crippen LogP) is 3.88. The highest BCUT2D eigenvalue weighted by atomic mass is 19.4. The van der Waals surface area contributed by atoms with Crippen LogP contribution in [0.4, 0.5) is 13.2 Å². The van der Waals surface area contributed by atoms with Crippen LogP contribution in [0.25, 0.3) is 0 Å². The zero-order chi connectivity index (χ0) is 20.0. The lowest BCUT2D eigenvalue weighted by Gasteiger charge is -2.35. The van der Waals surface area contributed by atoms with E-state index in [1.165, 1.54) is 6.07 Å². The van der Waals surface area contributed by atoms with Crippen LogP contribution in [-0.2, 0) is 17.3 Å². The van der Waals surface area contributed by atoms with E-state index in [0.717, 1.165) is 23.9 Å². The van der Waals surface area contributed by atoms with Crippen molar-refractivity contribution in [3.8, 4) is 0 Å². The van der Waals surface area contributed by atoms with Gasteiger partial charge in [-0.1, -0.05) is 12.1 Å². The summed E-state index contributed by atoms with van der Waals surface area (Å²) in [6, 6.07) is 9.07. The summed E-state index contributed by atoms with van der Waals surface area (Å²) >= 11 is 0. The third-order valence-corrected chi connectivity index (χ3v) is 4.49. The van der Waals surface area contributed by atoms with Crippen molar-refractivity contribution in [1.82, 2.24) is 10.2 Å². The Balaban J connectivity index is 1.69. The van der Waals surface area contributed by atoms with Gasteiger partial charge in [0.05, 0.1) is 25.0 Å². The number of aliphatic imine (C=N–C) groups is 1. The molecule has 1 N–H and O–H groups in total. The summed E-state index contributed by atoms with van der Waals surface area (Å²) in [5.41, 5.74) is -0.143. The van der Waals surface area contributed by atoms with Crippen molar-refractivity contribution in [3.63, 3.8) is 0 Å². The molecule has 1 aromatic carbocycles. The molecule has 0 aliphatic carbocycles. The number of guanidine groups is 1. The average Bonchev–Trinajstić information content (AvgIpc) is 3.20. The number of benzene rings is 1. The van der Waals surface area contributed by atoms with Gasteiger partial charge in [-0.15, -0.1) is 0 Å². The maximum atomic E-state index is 13.0. The van der Waals surface area contributed by atoms with Gasteiger partial charge in [0.25, 0.3) is 0 Å². The third-order valence-electron chi connectivity index (χ3n) is 4.49. The lowest BCUT2D eigenvalue weighted by molar-refractivity contribution is -0.137. The van der Waals surface area contributed by atoms with Gasteiger partial charge in [0.15, 0.2) is 5.96 Å². The molecule has 0 saturated carbocycles. The summed E-state index contributed by atoms with van der Waals surface area (Å²) in [5.74, 6) is 1.60. The summed E-state index contributed by atoms with van der Waals surface area (Å²) in [7, 11) is 0. The minimum absolute atomic E-state index is 0.420. The predicted molar refractivity (Wildman–Crippen MR) is 100 cm³/mol. The largest absolute Gasteiger partial charge is 0.469 e. The topological polar surface area (TPSA) is 50.0 Å². The van der Waals surface area contributed by atoms with Crippen molar-refractivity contribution < 1.29 is 22.3 Å². The normalized spacial score (nSPS) is 18.4. The fourth-order valence-electron chi connectivity index (χ4n) is 3.11. The summed E-state index contributed by atoms with van der Waals surface area (Å²) < 4.78 is 50.1. The van der Waals surface area contributed by atoms with Crippen molar-refractivity contribution in [2.75, 3.05) is 32.8 Å². The Labute approximate surface area is 162 Å². The minimum Gasteiger partial charge on any atom is -0.469 e. The molecule has 1 aromatic heterocycles. The second-order valence-electron chi connectivity index (χ2n) is 6.49. The zero-order valence-corrected chi connectivity index (χ0v) is 15.7. The summed E-state index contributed by atoms with van der Waals surface area (Å²) in [6.45, 7) is 4.72. The Morgan fingerprint density at radius 2 is 2.14 bits per heavy atom. The Hall–Kier alpha value is -2.48. The van der Waals surface area contributed by atoms with Gasteiger partial charge in [-0.25, -0.2) is 0 Å². The second kappa shape index (κ2) is 9.14. The van der Waals surface area contributed by atoms with Gasteiger partial charge in [-0.2, -0.15) is 13.2 Å². The van der Waals surface area contributed by atoms with Gasteiger partial charge in [0.1, 0.15) is 11.9 Å². The molecular formula is C20H24F3N3O2. The summed E-state index contributed by atoms with van der Waals surface area (Å²) in [4.78, 5) is 6.66. The Bertz CT molecular complexity index is 775. The number of nitrogens with zero attached hydrogens (tertiary/aromatic N) is 2. The van der Waals surface area contributed by atoms with E-state index in [2.05, 4.69) is 10.3 Å². The Morgan fingerprint density at radius 3 is 2.86 bits per heavy atom. The van der Waals surface area contributed by atoms with Gasteiger partial charge in [-0.05, 0) is 36.8 Å². The van der Waals surface area contributed by atoms with Gasteiger partial charge >= 0.3 is 6.18 Å². The number of nitrogens with one attached hydrogen (secondary N) is 1. The van der Waals surface area contributed by atoms with Crippen LogP contribution >= 0.6 is 0 Å². The third kappa shape index (κ3) is 5.28. The first-order chi connectivity index (χ1) is 13.5. The van der Waals surface area contributed by atoms with Crippen LogP contribution in [0.3, 0.4) is 0 Å². The molecule has 1 fully saturated rings. The van der Waals surface area contributed by atoms with E-state index >= 15 is 0 Å². The van der Waals surface area contributed by atoms with Gasteiger partial charge in [0, 0.05) is 26.1 Å². The molecule has 1 saturated heterocycles. The van der Waals surface area contributed by atoms with E-state index in [1.54, 1.807) is 12.3 Å². The average molecular weight is 395 g/mol. The van der Waals surface area contributed by atoms with Crippen LogP contribution < -0.4 is 5.32 Å². The van der Waals surface area contributed by atoms with Crippen LogP contribution in [0.15, 0.2) is 52.1 Å². The second-order valence-corrected chi connectivity index (χ2v) is 6.49. The molecule has 0 spiro atoms. The highest BCUT2D eigenvalue weighted by Gasteiger charge is 2.32. The van der Waals surface area contributed by atoms with Crippen LogP contribution in [0.5, 0.6) is 0 Å². The molecule has 0 amide bonds. The first kappa shape index (κ1) is 20.3. The fraction of sp³-hybridized carbons (Fsp3) is 0.450. The van der Waals surface area contributed by atoms with Crippen LogP contribution in [0.1, 0.15) is 29.9 Å². The Morgan fingerprint density at radius 1 is 1.29 bits per heavy atom. The molecule has 0 radical (unpaired) electrons. The SMILES string of the molecule is CCNC(=NCCc1ccco1)N1CCOC(c2cccc(C(F)(F)F)c2)C1. The summed E-state index contributed by atoms with van der Waals surface area (Å²) in [6.07, 6.45) is -2.49. The van der Waals surface area contributed by atoms with E-state index in [-0.39, 0.29) is 0 Å². The molecule has 0 bridgehead atoms. The van der Waals surface area contributed by atoms with E-state index < -0.39 is 17.8 Å². The standard InChI is InChI=1S/C20H24F3N3O2/c1-2-24-19(25-9-8-17-7-4-11-27-17)26-10-12-28-18(14-26)15-5-3-6-16(13-15)20(21,22)23/h3-7,11,13,18H,2,8-10,12,14H2,1H3,(H,24,25). The van der Waals surface area contributed by atoms with Crippen LogP contribution in [0.2, 0.25) is 0 Å². The van der Waals surface area contributed by atoms with Crippen molar-refractivity contribution in [1.29, 1.82) is 0 Å². The van der Waals surface area contributed by atoms with Crippen LogP contribution in [0, 0.1) is 0 Å². The van der Waals surface area contributed by atoms with E-state index in [9.17, 15) is 13.2 Å². The molecular weight excluding hydrogens is 371 g/mol. The molecule has 1 aliphatic heterocycles. The van der Waals surface area contributed by atoms with Crippen molar-refractivity contribution in [3.05, 3.63) is 59.5 Å². The molecule has 152 valence electrons. The number of alkyl halides is 3. The number of hydrogen-bond donors (Lipinski definition) is 1. The molecule has 1 aliphatic rings. The highest BCUT2D eigenvalue weighted by Crippen LogP contribution is 2.32. The number of rotatable bonds is 5. The van der Waals surface area contributed by atoms with Gasteiger partial charge in [-0.3, -0.25) is 4.99 Å². The van der Waals surface area contributed by atoms with Gasteiger partial charge < -0.3 is 19.4 Å². The van der Waals surface area contributed by atoms with Crippen molar-refractivity contribution in [2.24, 2.45) is 4.99 Å². The van der Waals surface area contributed by atoms with Crippen molar-refractivity contribution >= 4 is 5.96 Å². The smallest absolute Gasteiger partial charge is 0.416 e. The van der Waals surface area contributed by atoms with E-state index in [4.69, 9.17) is 9.15 Å². The number of furan rings is 1. The first-order valence-corrected chi connectivity index (χ1v) is 9.31. The molecule has 2 aromatic rings. The highest BCUT2D eigenvalue weighted by molar-refractivity contribution is 5.80. The number of hydrogen-bond acceptors (Lipinski definition) is 3. The fourth-order valence-corrected chi connectivity index (χ4v) is 3.11. The van der Waals surface area contributed by atoms with E-state index in [1.807, 2.05) is 24.0 Å². The molecule has 1 unspecified atom stereocenters. The number of halogens is 3. The van der Waals surface area contributed by atoms with Crippen LogP contribution in [-0.4, -0.2) is 43.6 Å². The summed E-state index contributed by atoms with van der Waals surface area (Å²) in [5, 5.41) is 3.25. The first-order valence-electron chi connectivity index (χ1n) is 9.31. The quantitative estimate of drug-likeness (QED) is 0.617. The maximum Gasteiger partial charge on any atom is 0.416 e. The number of ether oxygens (including phenoxy) is 1. The lowest BCUT2D eigenvalue weighted by Crippen LogP contribution is -2.48. The molecule has 5 nitrogen and oxygen atoms in total. The van der Waals surface area contributed by atoms with Crippen molar-refractivity contribution in [2.45, 2.75) is 25.6 Å². The van der Waals surface area contributed by atoms with E-state index in [0.29, 0.717) is 44.8 Å². The lowest BCUT2D eigenvalue weighted by atomic mass is 10.0. The molecule has 2 heterocycles. The molecule has 8 heteroatoms. The zero-order valence-electron chi connectivity index (χ0n) is 15.7. The molecule has 28 heavy (non-hydrogen) atoms. The monoisotopic (exact) mass is 395 g/mol. The van der Waals surface area contributed by atoms with Gasteiger partial charge in [0.2, 0.25) is 0 Å². The molecule has 1 atom stereocenters. The number of morpholine rings is 1. The minimum atomic E-state index is -4.37.